The minimum Gasteiger partial charge on any atom is -0.530 e. The molecule has 23 heavy (non-hydrogen) atoms. The van der Waals surface area contributed by atoms with Crippen molar-refractivity contribution >= 4 is 40.9 Å². The molecule has 126 valence electrons. The summed E-state index contributed by atoms with van der Waals surface area (Å²) in [7, 11) is 1.34. The third-order valence-electron chi connectivity index (χ3n) is 3.50. The van der Waals surface area contributed by atoms with Crippen LogP contribution in [0.3, 0.4) is 0 Å². The van der Waals surface area contributed by atoms with Crippen molar-refractivity contribution in [3.05, 3.63) is 21.4 Å². The van der Waals surface area contributed by atoms with Gasteiger partial charge in [0.15, 0.2) is 0 Å². The third kappa shape index (κ3) is 3.70. The van der Waals surface area contributed by atoms with E-state index in [9.17, 15) is 14.7 Å². The number of likely N-dealkylation sites (tertiary alicyclic amines) is 1. The van der Waals surface area contributed by atoms with E-state index in [-0.39, 0.29) is 28.8 Å². The Kier molecular flexibility index (Phi) is 5.38. The van der Waals surface area contributed by atoms with Crippen molar-refractivity contribution in [2.45, 2.75) is 19.4 Å². The first-order chi connectivity index (χ1) is 10.8. The molecule has 2 rings (SSSR count). The lowest BCUT2D eigenvalue weighted by Crippen LogP contribution is -2.55. The van der Waals surface area contributed by atoms with Gasteiger partial charge in [0.05, 0.1) is 28.3 Å². The van der Waals surface area contributed by atoms with E-state index < -0.39 is 18.0 Å². The number of carboxylic acid groups (broad SMARTS) is 1. The number of carbonyl (C=O) groups is 2. The molecule has 0 saturated carbocycles. The maximum absolute atomic E-state index is 12.3. The van der Waals surface area contributed by atoms with Gasteiger partial charge in [-0.1, -0.05) is 28.4 Å². The van der Waals surface area contributed by atoms with Crippen LogP contribution in [0.4, 0.5) is 4.79 Å². The van der Waals surface area contributed by atoms with Gasteiger partial charge in [-0.3, -0.25) is 4.79 Å². The second-order valence-electron chi connectivity index (χ2n) is 5.02. The molecule has 8 nitrogen and oxygen atoms in total. The molecule has 0 bridgehead atoms. The summed E-state index contributed by atoms with van der Waals surface area (Å²) in [5.41, 5.74) is 1.11. The fraction of sp³-hybridized carbons (Fsp3) is 0.462. The molecule has 0 spiro atoms. The predicted octanol–water partition coefficient (Wildman–Crippen LogP) is 0.780. The molecule has 1 aliphatic heterocycles. The number of aromatic nitrogens is 1. The number of carbonyl (C=O) groups excluding carboxylic acids is 2. The molecule has 0 radical (unpaired) electrons. The van der Waals surface area contributed by atoms with E-state index in [0.717, 1.165) is 4.90 Å². The van der Waals surface area contributed by atoms with Crippen molar-refractivity contribution in [1.82, 2.24) is 15.2 Å². The smallest absolute Gasteiger partial charge is 0.269 e. The molecular formula is C13H15Cl2N4O4-. The van der Waals surface area contributed by atoms with Crippen molar-refractivity contribution in [3.63, 3.8) is 0 Å². The number of oxime groups is 1. The van der Waals surface area contributed by atoms with Gasteiger partial charge in [-0.05, 0) is 13.3 Å². The molecule has 2 N–H and O–H groups in total. The molecule has 1 saturated heterocycles. The summed E-state index contributed by atoms with van der Waals surface area (Å²) < 4.78 is 0. The summed E-state index contributed by atoms with van der Waals surface area (Å²) in [6.07, 6.45) is -0.958. The average molecular weight is 362 g/mol. The Morgan fingerprint density at radius 2 is 2.13 bits per heavy atom. The number of piperidine rings is 1. The zero-order valence-corrected chi connectivity index (χ0v) is 14.0. The van der Waals surface area contributed by atoms with Gasteiger partial charge in [0, 0.05) is 12.2 Å². The minimum atomic E-state index is -1.30. The Hall–Kier alpha value is -1.93. The topological polar surface area (TPSA) is 110 Å². The standard InChI is InChI=1S/C13H16Cl2N4O4/c1-6-9(14)10(15)11(16-6)12(20)17-7-3-4-19(13(21)22)5-8(7)18-23-2/h7,16H,3-5H2,1-2H3,(H,17,20)(H,21,22)/p-1. The number of nitrogens with zero attached hydrogens (tertiary/aromatic N) is 2. The van der Waals surface area contributed by atoms with Gasteiger partial charge in [0.1, 0.15) is 18.9 Å². The molecule has 2 amide bonds. The Morgan fingerprint density at radius 1 is 1.43 bits per heavy atom. The van der Waals surface area contributed by atoms with Crippen LogP contribution in [0.2, 0.25) is 10.0 Å². The summed E-state index contributed by atoms with van der Waals surface area (Å²) in [6.45, 7) is 1.91. The highest BCUT2D eigenvalue weighted by Crippen LogP contribution is 2.29. The van der Waals surface area contributed by atoms with Crippen LogP contribution < -0.4 is 10.4 Å². The molecule has 1 aliphatic rings. The van der Waals surface area contributed by atoms with Crippen LogP contribution in [-0.2, 0) is 4.84 Å². The number of hydrogen-bond donors (Lipinski definition) is 2. The zero-order valence-electron chi connectivity index (χ0n) is 12.5. The van der Waals surface area contributed by atoms with Gasteiger partial charge in [-0.15, -0.1) is 0 Å². The van der Waals surface area contributed by atoms with Crippen LogP contribution in [0.15, 0.2) is 5.16 Å². The van der Waals surface area contributed by atoms with E-state index in [4.69, 9.17) is 28.0 Å². The molecule has 0 aliphatic carbocycles. The SMILES string of the molecule is CON=C1CN(C(=O)[O-])CCC1NC(=O)c1[nH]c(C)c(Cl)c1Cl. The maximum atomic E-state index is 12.3. The third-order valence-corrected chi connectivity index (χ3v) is 4.44. The van der Waals surface area contributed by atoms with E-state index in [1.54, 1.807) is 6.92 Å². The van der Waals surface area contributed by atoms with E-state index in [1.807, 2.05) is 0 Å². The first kappa shape index (κ1) is 17.4. The fourth-order valence-corrected chi connectivity index (χ4v) is 2.73. The lowest BCUT2D eigenvalue weighted by molar-refractivity contribution is -0.265. The zero-order chi connectivity index (χ0) is 17.1. The summed E-state index contributed by atoms with van der Waals surface area (Å²) >= 11 is 12.0. The molecule has 0 aromatic carbocycles. The van der Waals surface area contributed by atoms with Gasteiger partial charge >= 0.3 is 0 Å². The van der Waals surface area contributed by atoms with Crippen LogP contribution in [0.25, 0.3) is 0 Å². The van der Waals surface area contributed by atoms with Crippen LogP contribution in [0, 0.1) is 6.92 Å². The van der Waals surface area contributed by atoms with Crippen LogP contribution in [0.5, 0.6) is 0 Å². The average Bonchev–Trinajstić information content (AvgIpc) is 2.76. The Labute approximate surface area is 142 Å². The summed E-state index contributed by atoms with van der Waals surface area (Å²) in [4.78, 5) is 31.9. The summed E-state index contributed by atoms with van der Waals surface area (Å²) in [5.74, 6) is -0.458. The summed E-state index contributed by atoms with van der Waals surface area (Å²) in [5, 5.41) is 17.9. The van der Waals surface area contributed by atoms with Crippen LogP contribution in [-0.4, -0.2) is 53.8 Å². The minimum absolute atomic E-state index is 0.000633. The molecule has 1 atom stereocenters. The van der Waals surface area contributed by atoms with Gasteiger partial charge in [0.25, 0.3) is 5.91 Å². The van der Waals surface area contributed by atoms with E-state index in [1.165, 1.54) is 7.11 Å². The monoisotopic (exact) mass is 361 g/mol. The number of aromatic amines is 1. The van der Waals surface area contributed by atoms with Crippen LogP contribution >= 0.6 is 23.2 Å². The predicted molar refractivity (Wildman–Crippen MR) is 82.8 cm³/mol. The largest absolute Gasteiger partial charge is 0.530 e. The van der Waals surface area contributed by atoms with Crippen molar-refractivity contribution in [2.75, 3.05) is 20.2 Å². The second-order valence-corrected chi connectivity index (χ2v) is 5.78. The Bertz CT molecular complexity index is 659. The molecule has 10 heteroatoms. The number of hydrogen-bond acceptors (Lipinski definition) is 5. The normalized spacial score (nSPS) is 19.7. The quantitative estimate of drug-likeness (QED) is 0.775. The first-order valence-corrected chi connectivity index (χ1v) is 7.51. The highest BCUT2D eigenvalue weighted by molar-refractivity contribution is 6.44. The number of rotatable bonds is 3. The number of amides is 2. The van der Waals surface area contributed by atoms with Gasteiger partial charge < -0.3 is 29.9 Å². The first-order valence-electron chi connectivity index (χ1n) is 6.75. The lowest BCUT2D eigenvalue weighted by Gasteiger charge is -2.34. The van der Waals surface area contributed by atoms with Crippen molar-refractivity contribution in [1.29, 1.82) is 0 Å². The highest BCUT2D eigenvalue weighted by atomic mass is 35.5. The number of aryl methyl sites for hydroxylation is 1. The lowest BCUT2D eigenvalue weighted by atomic mass is 10.0. The Morgan fingerprint density at radius 3 is 2.65 bits per heavy atom. The number of halogens is 2. The molecular weight excluding hydrogens is 347 g/mol. The van der Waals surface area contributed by atoms with Crippen molar-refractivity contribution in [3.8, 4) is 0 Å². The van der Waals surface area contributed by atoms with Crippen LogP contribution in [0.1, 0.15) is 22.6 Å². The Balaban J connectivity index is 2.14. The van der Waals surface area contributed by atoms with Gasteiger partial charge in [0.2, 0.25) is 0 Å². The molecule has 1 unspecified atom stereocenters. The highest BCUT2D eigenvalue weighted by Gasteiger charge is 2.29. The van der Waals surface area contributed by atoms with Crippen molar-refractivity contribution < 1.29 is 19.5 Å². The molecule has 1 fully saturated rings. The molecule has 2 heterocycles. The van der Waals surface area contributed by atoms with Gasteiger partial charge in [-0.25, -0.2) is 0 Å². The fourth-order valence-electron chi connectivity index (χ4n) is 2.32. The summed E-state index contributed by atoms with van der Waals surface area (Å²) in [6, 6.07) is -0.475. The number of H-pyrrole nitrogens is 1. The number of nitrogens with one attached hydrogen (secondary N) is 2. The molecule has 1 aromatic rings. The molecule has 1 aromatic heterocycles. The van der Waals surface area contributed by atoms with E-state index in [2.05, 4.69) is 15.5 Å². The van der Waals surface area contributed by atoms with E-state index in [0.29, 0.717) is 17.8 Å². The van der Waals surface area contributed by atoms with Crippen molar-refractivity contribution in [2.24, 2.45) is 5.16 Å². The second kappa shape index (κ2) is 7.10. The van der Waals surface area contributed by atoms with Gasteiger partial charge in [-0.2, -0.15) is 0 Å². The van der Waals surface area contributed by atoms with E-state index >= 15 is 0 Å². The maximum Gasteiger partial charge on any atom is 0.269 e.